The van der Waals surface area contributed by atoms with Crippen molar-refractivity contribution in [3.05, 3.63) is 25.0 Å². The fraction of sp³-hybridized carbons (Fsp3) is 0. The Morgan fingerprint density at radius 1 is 1.67 bits per heavy atom. The zero-order valence-corrected chi connectivity index (χ0v) is 3.98. The quantitative estimate of drug-likeness (QED) is 0.384. The van der Waals surface area contributed by atoms with Crippen molar-refractivity contribution in [3.63, 3.8) is 0 Å². The van der Waals surface area contributed by atoms with E-state index in [0.29, 0.717) is 0 Å². The summed E-state index contributed by atoms with van der Waals surface area (Å²) in [4.78, 5) is 0. The van der Waals surface area contributed by atoms with Gasteiger partial charge < -0.3 is 4.29 Å². The van der Waals surface area contributed by atoms with Crippen LogP contribution in [0.5, 0.6) is 0 Å². The topological polar surface area (TPSA) is 9.23 Å². The summed E-state index contributed by atoms with van der Waals surface area (Å²) in [5, 5.41) is 0. The highest BCUT2D eigenvalue weighted by atomic mass is 35.5. The van der Waals surface area contributed by atoms with E-state index in [1.807, 2.05) is 0 Å². The van der Waals surface area contributed by atoms with Crippen LogP contribution in [-0.2, 0) is 4.29 Å². The van der Waals surface area contributed by atoms with Gasteiger partial charge in [0.05, 0.1) is 0 Å². The third kappa shape index (κ3) is 3.57. The van der Waals surface area contributed by atoms with Gasteiger partial charge in [-0.1, -0.05) is 12.7 Å². The van der Waals surface area contributed by atoms with Gasteiger partial charge in [0.25, 0.3) is 0 Å². The van der Waals surface area contributed by atoms with E-state index in [2.05, 4.69) is 10.9 Å². The summed E-state index contributed by atoms with van der Waals surface area (Å²) >= 11 is 4.75. The highest BCUT2D eigenvalue weighted by molar-refractivity contribution is 6.07. The number of rotatable bonds is 2. The van der Waals surface area contributed by atoms with Crippen molar-refractivity contribution in [2.45, 2.75) is 0 Å². The molecule has 0 rings (SSSR count). The average molecular weight is 105 g/mol. The van der Waals surface area contributed by atoms with Gasteiger partial charge in [0.1, 0.15) is 18.1 Å². The van der Waals surface area contributed by atoms with Crippen molar-refractivity contribution in [2.24, 2.45) is 0 Å². The van der Waals surface area contributed by atoms with Crippen LogP contribution in [0.15, 0.2) is 25.0 Å². The summed E-state index contributed by atoms with van der Waals surface area (Å²) in [7, 11) is 0. The van der Waals surface area contributed by atoms with Crippen LogP contribution in [0.4, 0.5) is 0 Å². The molecule has 34 valence electrons. The smallest absolute Gasteiger partial charge is 0.134 e. The second kappa shape index (κ2) is 4.57. The fourth-order valence-electron chi connectivity index (χ4n) is 0.0853. The van der Waals surface area contributed by atoms with Crippen molar-refractivity contribution in [3.8, 4) is 0 Å². The van der Waals surface area contributed by atoms with Crippen LogP contribution in [0.3, 0.4) is 0 Å². The van der Waals surface area contributed by atoms with E-state index in [1.165, 1.54) is 6.26 Å². The van der Waals surface area contributed by atoms with Gasteiger partial charge in [-0.15, -0.1) is 0 Å². The molecule has 0 aliphatic rings. The fourth-order valence-corrected chi connectivity index (χ4v) is 0.145. The van der Waals surface area contributed by atoms with E-state index in [9.17, 15) is 0 Å². The molecule has 1 nitrogen and oxygen atoms in total. The van der Waals surface area contributed by atoms with Crippen LogP contribution < -0.4 is 0 Å². The van der Waals surface area contributed by atoms with Gasteiger partial charge >= 0.3 is 0 Å². The molecule has 0 fully saturated rings. The standard InChI is InChI=1S/C4H5ClO/c1-2-3-4-6-5/h2-4H,1H2. The summed E-state index contributed by atoms with van der Waals surface area (Å²) in [5.74, 6) is 0. The predicted octanol–water partition coefficient (Wildman–Crippen LogP) is 1.86. The van der Waals surface area contributed by atoms with Crippen LogP contribution in [0.1, 0.15) is 0 Å². The third-order valence-electron chi connectivity index (χ3n) is 0.266. The zero-order valence-electron chi connectivity index (χ0n) is 3.23. The molecule has 0 N–H and O–H groups in total. The predicted molar refractivity (Wildman–Crippen MR) is 26.3 cm³/mol. The van der Waals surface area contributed by atoms with Crippen molar-refractivity contribution in [1.29, 1.82) is 0 Å². The Bertz CT molecular complexity index is 58.6. The van der Waals surface area contributed by atoms with Gasteiger partial charge in [0.2, 0.25) is 0 Å². The molecule has 0 saturated heterocycles. The third-order valence-corrected chi connectivity index (χ3v) is 0.369. The van der Waals surface area contributed by atoms with E-state index in [0.717, 1.165) is 0 Å². The van der Waals surface area contributed by atoms with Gasteiger partial charge in [-0.05, 0) is 6.08 Å². The van der Waals surface area contributed by atoms with E-state index in [-0.39, 0.29) is 0 Å². The van der Waals surface area contributed by atoms with Crippen LogP contribution in [0, 0.1) is 0 Å². The molecule has 0 radical (unpaired) electrons. The number of allylic oxidation sites excluding steroid dienone is 2. The molecule has 0 amide bonds. The van der Waals surface area contributed by atoms with Crippen molar-refractivity contribution >= 4 is 11.9 Å². The van der Waals surface area contributed by atoms with Gasteiger partial charge in [0, 0.05) is 0 Å². The lowest BCUT2D eigenvalue weighted by Gasteiger charge is -1.71. The Hall–Kier alpha value is -0.430. The summed E-state index contributed by atoms with van der Waals surface area (Å²) in [6, 6.07) is 0. The van der Waals surface area contributed by atoms with Gasteiger partial charge in [-0.3, -0.25) is 0 Å². The summed E-state index contributed by atoms with van der Waals surface area (Å²) in [5.41, 5.74) is 0. The largest absolute Gasteiger partial charge is 0.394 e. The van der Waals surface area contributed by atoms with E-state index < -0.39 is 0 Å². The van der Waals surface area contributed by atoms with E-state index in [1.54, 1.807) is 12.2 Å². The first-order valence-corrected chi connectivity index (χ1v) is 1.77. The highest BCUT2D eigenvalue weighted by Crippen LogP contribution is 1.79. The average Bonchev–Trinajstić information content (AvgIpc) is 1.61. The molecule has 6 heavy (non-hydrogen) atoms. The molecule has 0 heterocycles. The van der Waals surface area contributed by atoms with Gasteiger partial charge in [-0.25, -0.2) is 0 Å². The molecule has 0 atom stereocenters. The Morgan fingerprint density at radius 3 is 2.50 bits per heavy atom. The minimum Gasteiger partial charge on any atom is -0.394 e. The summed E-state index contributed by atoms with van der Waals surface area (Å²) in [6.07, 6.45) is 4.49. The van der Waals surface area contributed by atoms with Crippen molar-refractivity contribution < 1.29 is 4.29 Å². The lowest BCUT2D eigenvalue weighted by molar-refractivity contribution is 0.538. The maximum Gasteiger partial charge on any atom is 0.134 e. The molecule has 0 saturated carbocycles. The monoisotopic (exact) mass is 104 g/mol. The van der Waals surface area contributed by atoms with Crippen LogP contribution in [0.25, 0.3) is 0 Å². The number of halogens is 1. The first-order chi connectivity index (χ1) is 2.91. The van der Waals surface area contributed by atoms with Crippen molar-refractivity contribution in [2.75, 3.05) is 0 Å². The molecule has 0 spiro atoms. The Labute approximate surface area is 42.0 Å². The number of hydrogen-bond donors (Lipinski definition) is 0. The highest BCUT2D eigenvalue weighted by Gasteiger charge is 1.55. The van der Waals surface area contributed by atoms with Crippen molar-refractivity contribution in [1.82, 2.24) is 0 Å². The second-order valence-corrected chi connectivity index (χ2v) is 0.831. The van der Waals surface area contributed by atoms with E-state index >= 15 is 0 Å². The van der Waals surface area contributed by atoms with Crippen LogP contribution >= 0.6 is 11.9 Å². The minimum atomic E-state index is 1.33. The molecule has 0 aromatic heterocycles. The summed E-state index contributed by atoms with van der Waals surface area (Å²) < 4.78 is 4.00. The molecule has 0 aliphatic carbocycles. The molecule has 0 unspecified atom stereocenters. The Morgan fingerprint density at radius 2 is 2.33 bits per heavy atom. The Kier molecular flexibility index (Phi) is 4.24. The zero-order chi connectivity index (χ0) is 4.83. The van der Waals surface area contributed by atoms with Crippen LogP contribution in [0.2, 0.25) is 0 Å². The van der Waals surface area contributed by atoms with Gasteiger partial charge in [-0.2, -0.15) is 0 Å². The van der Waals surface area contributed by atoms with Gasteiger partial charge in [0.15, 0.2) is 0 Å². The second-order valence-electron chi connectivity index (χ2n) is 0.653. The lowest BCUT2D eigenvalue weighted by Crippen LogP contribution is -1.47. The molecule has 0 aromatic rings. The maximum atomic E-state index is 4.75. The molecular weight excluding hydrogens is 99.5 g/mol. The van der Waals surface area contributed by atoms with Crippen LogP contribution in [-0.4, -0.2) is 0 Å². The summed E-state index contributed by atoms with van der Waals surface area (Å²) in [6.45, 7) is 3.37. The SMILES string of the molecule is C=CC=COCl. The maximum absolute atomic E-state index is 4.75. The molecule has 0 aromatic carbocycles. The normalized spacial score (nSPS) is 8.83. The molecule has 0 aliphatic heterocycles. The molecular formula is C4H5ClO. The minimum absolute atomic E-state index is 1.33. The lowest BCUT2D eigenvalue weighted by atomic mass is 10.6. The molecule has 0 bridgehead atoms. The first kappa shape index (κ1) is 5.57. The van der Waals surface area contributed by atoms with E-state index in [4.69, 9.17) is 11.9 Å². The first-order valence-electron chi connectivity index (χ1n) is 1.46. The molecule has 2 heteroatoms. The Balaban J connectivity index is 2.94. The number of hydrogen-bond acceptors (Lipinski definition) is 1.